The largest absolute Gasteiger partial charge is 0.458 e. The van der Waals surface area contributed by atoms with Gasteiger partial charge in [0.05, 0.1) is 4.88 Å². The van der Waals surface area contributed by atoms with E-state index < -0.39 is 0 Å². The van der Waals surface area contributed by atoms with Gasteiger partial charge in [-0.05, 0) is 38.1 Å². The standard InChI is InChI=1S/C11H10O2S/c1-7-3-5-9(13-7)11(12)10-6-4-8(2)14-10/h3-6H,1-2H3. The summed E-state index contributed by atoms with van der Waals surface area (Å²) >= 11 is 1.49. The Balaban J connectivity index is 2.33. The van der Waals surface area contributed by atoms with Crippen molar-refractivity contribution in [3.63, 3.8) is 0 Å². The molecule has 2 aromatic heterocycles. The predicted octanol–water partition coefficient (Wildman–Crippen LogP) is 3.19. The Morgan fingerprint density at radius 2 is 2.00 bits per heavy atom. The number of hydrogen-bond acceptors (Lipinski definition) is 3. The van der Waals surface area contributed by atoms with Gasteiger partial charge < -0.3 is 4.42 Å². The van der Waals surface area contributed by atoms with Gasteiger partial charge in [-0.2, -0.15) is 0 Å². The van der Waals surface area contributed by atoms with Gasteiger partial charge in [-0.1, -0.05) is 0 Å². The number of hydrogen-bond donors (Lipinski definition) is 0. The van der Waals surface area contributed by atoms with Crippen molar-refractivity contribution in [2.75, 3.05) is 0 Å². The summed E-state index contributed by atoms with van der Waals surface area (Å²) in [7, 11) is 0. The third kappa shape index (κ3) is 1.63. The minimum atomic E-state index is -0.0313. The smallest absolute Gasteiger partial charge is 0.238 e. The van der Waals surface area contributed by atoms with E-state index in [0.29, 0.717) is 5.76 Å². The molecular weight excluding hydrogens is 196 g/mol. The first-order chi connectivity index (χ1) is 6.66. The van der Waals surface area contributed by atoms with Gasteiger partial charge in [0.1, 0.15) is 5.76 Å². The van der Waals surface area contributed by atoms with E-state index in [1.807, 2.05) is 26.0 Å². The lowest BCUT2D eigenvalue weighted by Crippen LogP contribution is -1.95. The summed E-state index contributed by atoms with van der Waals surface area (Å²) in [6.07, 6.45) is 0. The zero-order valence-corrected chi connectivity index (χ0v) is 8.85. The second-order valence-electron chi connectivity index (χ2n) is 3.15. The van der Waals surface area contributed by atoms with Crippen LogP contribution in [0.4, 0.5) is 0 Å². The van der Waals surface area contributed by atoms with Crippen LogP contribution in [0.3, 0.4) is 0 Å². The van der Waals surface area contributed by atoms with Gasteiger partial charge >= 0.3 is 0 Å². The molecule has 72 valence electrons. The summed E-state index contributed by atoms with van der Waals surface area (Å²) in [5.74, 6) is 1.15. The zero-order valence-electron chi connectivity index (χ0n) is 8.03. The fourth-order valence-electron chi connectivity index (χ4n) is 1.23. The highest BCUT2D eigenvalue weighted by molar-refractivity contribution is 7.14. The van der Waals surface area contributed by atoms with Crippen LogP contribution in [-0.2, 0) is 0 Å². The first kappa shape index (κ1) is 9.21. The van der Waals surface area contributed by atoms with E-state index in [4.69, 9.17) is 4.42 Å². The first-order valence-corrected chi connectivity index (χ1v) is 5.16. The number of ketones is 1. The maximum Gasteiger partial charge on any atom is 0.238 e. The molecule has 2 aromatic rings. The average molecular weight is 206 g/mol. The van der Waals surface area contributed by atoms with Crippen molar-refractivity contribution < 1.29 is 9.21 Å². The molecule has 0 aliphatic rings. The van der Waals surface area contributed by atoms with E-state index in [9.17, 15) is 4.79 Å². The molecule has 0 unspecified atom stereocenters. The summed E-state index contributed by atoms with van der Waals surface area (Å²) in [5.41, 5.74) is 0. The van der Waals surface area contributed by atoms with Crippen LogP contribution in [0.1, 0.15) is 26.1 Å². The van der Waals surface area contributed by atoms with Crippen molar-refractivity contribution in [2.24, 2.45) is 0 Å². The van der Waals surface area contributed by atoms with Crippen molar-refractivity contribution in [3.8, 4) is 0 Å². The van der Waals surface area contributed by atoms with E-state index in [1.165, 1.54) is 11.3 Å². The van der Waals surface area contributed by atoms with E-state index in [-0.39, 0.29) is 5.78 Å². The third-order valence-corrected chi connectivity index (χ3v) is 2.93. The lowest BCUT2D eigenvalue weighted by molar-refractivity contribution is 0.101. The first-order valence-electron chi connectivity index (χ1n) is 4.34. The Labute approximate surface area is 86.2 Å². The van der Waals surface area contributed by atoms with Crippen LogP contribution in [0.25, 0.3) is 0 Å². The topological polar surface area (TPSA) is 30.2 Å². The Kier molecular flexibility index (Phi) is 2.25. The molecule has 0 fully saturated rings. The highest BCUT2D eigenvalue weighted by atomic mass is 32.1. The van der Waals surface area contributed by atoms with E-state index in [2.05, 4.69) is 0 Å². The summed E-state index contributed by atoms with van der Waals surface area (Å²) in [4.78, 5) is 13.7. The molecule has 0 spiro atoms. The predicted molar refractivity (Wildman–Crippen MR) is 55.9 cm³/mol. The molecule has 0 saturated carbocycles. The van der Waals surface area contributed by atoms with Gasteiger partial charge in [0, 0.05) is 4.88 Å². The highest BCUT2D eigenvalue weighted by Gasteiger charge is 2.14. The van der Waals surface area contributed by atoms with Crippen LogP contribution in [0.2, 0.25) is 0 Å². The normalized spacial score (nSPS) is 10.4. The van der Waals surface area contributed by atoms with Crippen LogP contribution in [0, 0.1) is 13.8 Å². The lowest BCUT2D eigenvalue weighted by atomic mass is 10.2. The van der Waals surface area contributed by atoms with E-state index in [0.717, 1.165) is 15.5 Å². The molecule has 0 atom stereocenters. The summed E-state index contributed by atoms with van der Waals surface area (Å²) in [5, 5.41) is 0. The minimum absolute atomic E-state index is 0.0313. The molecule has 0 saturated heterocycles. The zero-order chi connectivity index (χ0) is 10.1. The molecule has 0 aliphatic heterocycles. The highest BCUT2D eigenvalue weighted by Crippen LogP contribution is 2.20. The second kappa shape index (κ2) is 3.42. The fraction of sp³-hybridized carbons (Fsp3) is 0.182. The molecular formula is C11H10O2S. The molecule has 14 heavy (non-hydrogen) atoms. The SMILES string of the molecule is Cc1ccc(C(=O)c2ccc(C)s2)o1. The summed E-state index contributed by atoms with van der Waals surface area (Å²) in [6, 6.07) is 7.29. The van der Waals surface area contributed by atoms with Gasteiger partial charge in [0.25, 0.3) is 0 Å². The molecule has 0 N–H and O–H groups in total. The van der Waals surface area contributed by atoms with Gasteiger partial charge in [-0.25, -0.2) is 0 Å². The third-order valence-electron chi connectivity index (χ3n) is 1.93. The molecule has 0 aliphatic carbocycles. The fourth-order valence-corrected chi connectivity index (χ4v) is 2.05. The molecule has 0 amide bonds. The average Bonchev–Trinajstić information content (AvgIpc) is 2.73. The minimum Gasteiger partial charge on any atom is -0.458 e. The number of carbonyl (C=O) groups is 1. The van der Waals surface area contributed by atoms with E-state index in [1.54, 1.807) is 12.1 Å². The Hall–Kier alpha value is -1.35. The number of aryl methyl sites for hydroxylation is 2. The number of furan rings is 1. The Morgan fingerprint density at radius 3 is 2.50 bits per heavy atom. The van der Waals surface area contributed by atoms with E-state index >= 15 is 0 Å². The molecule has 3 heteroatoms. The van der Waals surface area contributed by atoms with Crippen molar-refractivity contribution in [3.05, 3.63) is 45.5 Å². The Bertz CT molecular complexity index is 423. The molecule has 0 radical (unpaired) electrons. The summed E-state index contributed by atoms with van der Waals surface area (Å²) < 4.78 is 5.27. The van der Waals surface area contributed by atoms with Crippen LogP contribution >= 0.6 is 11.3 Å². The molecule has 2 heterocycles. The van der Waals surface area contributed by atoms with Crippen molar-refractivity contribution in [1.29, 1.82) is 0 Å². The molecule has 2 nitrogen and oxygen atoms in total. The number of rotatable bonds is 2. The summed E-state index contributed by atoms with van der Waals surface area (Å²) in [6.45, 7) is 3.81. The van der Waals surface area contributed by atoms with Crippen LogP contribution in [0.5, 0.6) is 0 Å². The van der Waals surface area contributed by atoms with Gasteiger partial charge in [-0.3, -0.25) is 4.79 Å². The van der Waals surface area contributed by atoms with Crippen molar-refractivity contribution in [2.45, 2.75) is 13.8 Å². The molecule has 0 aromatic carbocycles. The number of thiophene rings is 1. The van der Waals surface area contributed by atoms with Crippen LogP contribution < -0.4 is 0 Å². The lowest BCUT2D eigenvalue weighted by Gasteiger charge is -1.91. The molecule has 2 rings (SSSR count). The maximum atomic E-state index is 11.8. The number of carbonyl (C=O) groups excluding carboxylic acids is 1. The van der Waals surface area contributed by atoms with Crippen LogP contribution in [0.15, 0.2) is 28.7 Å². The maximum absolute atomic E-state index is 11.8. The second-order valence-corrected chi connectivity index (χ2v) is 4.44. The van der Waals surface area contributed by atoms with Crippen molar-refractivity contribution in [1.82, 2.24) is 0 Å². The van der Waals surface area contributed by atoms with Gasteiger partial charge in [0.2, 0.25) is 5.78 Å². The Morgan fingerprint density at radius 1 is 1.21 bits per heavy atom. The molecule has 0 bridgehead atoms. The monoisotopic (exact) mass is 206 g/mol. The van der Waals surface area contributed by atoms with Crippen LogP contribution in [-0.4, -0.2) is 5.78 Å². The van der Waals surface area contributed by atoms with Crippen molar-refractivity contribution >= 4 is 17.1 Å². The quantitative estimate of drug-likeness (QED) is 0.706. The van der Waals surface area contributed by atoms with Gasteiger partial charge in [0.15, 0.2) is 5.76 Å². The van der Waals surface area contributed by atoms with Gasteiger partial charge in [-0.15, -0.1) is 11.3 Å².